The van der Waals surface area contributed by atoms with Crippen LogP contribution in [0.1, 0.15) is 62.7 Å². The van der Waals surface area contributed by atoms with Crippen LogP contribution in [0, 0.1) is 0 Å². The van der Waals surface area contributed by atoms with Gasteiger partial charge >= 0.3 is 0 Å². The van der Waals surface area contributed by atoms with Crippen LogP contribution in [0.2, 0.25) is 19.1 Å². The highest BCUT2D eigenvalue weighted by atomic mass is 79.9. The molecule has 2 rings (SSSR count). The smallest absolute Gasteiger partial charge is 0.186 e. The highest BCUT2D eigenvalue weighted by Gasteiger charge is 2.19. The fourth-order valence-electron chi connectivity index (χ4n) is 3.28. The van der Waals surface area contributed by atoms with E-state index in [1.807, 2.05) is 29.8 Å². The largest absolute Gasteiger partial charge is 0.420 e. The molecular weight excluding hydrogens is 452 g/mol. The van der Waals surface area contributed by atoms with E-state index >= 15 is 0 Å². The molecule has 0 atom stereocenters. The first-order valence-electron chi connectivity index (χ1n) is 10.4. The van der Waals surface area contributed by atoms with E-state index in [1.165, 1.54) is 88.7 Å². The molecule has 0 saturated carbocycles. The Morgan fingerprint density at radius 2 is 1.33 bits per heavy atom. The molecule has 0 amide bonds. The Morgan fingerprint density at radius 3 is 1.93 bits per heavy atom. The van der Waals surface area contributed by atoms with E-state index in [0.29, 0.717) is 0 Å². The molecule has 0 aliphatic carbocycles. The van der Waals surface area contributed by atoms with E-state index < -0.39 is 8.32 Å². The van der Waals surface area contributed by atoms with Crippen LogP contribution in [-0.4, -0.2) is 15.4 Å². The van der Waals surface area contributed by atoms with Crippen molar-refractivity contribution >= 4 is 46.9 Å². The summed E-state index contributed by atoms with van der Waals surface area (Å²) in [5.74, 6) is 0. The summed E-state index contributed by atoms with van der Waals surface area (Å²) in [6.07, 6.45) is 13.8. The molecule has 0 spiro atoms. The lowest BCUT2D eigenvalue weighted by Gasteiger charge is -2.19. The van der Waals surface area contributed by atoms with Crippen molar-refractivity contribution in [2.24, 2.45) is 0 Å². The fraction of sp³-hybridized carbons (Fsp3) is 0.636. The van der Waals surface area contributed by atoms with E-state index in [9.17, 15) is 0 Å². The highest BCUT2D eigenvalue weighted by Crippen LogP contribution is 2.36. The second kappa shape index (κ2) is 12.6. The van der Waals surface area contributed by atoms with E-state index in [0.717, 1.165) is 0 Å². The molecule has 152 valence electrons. The third-order valence-electron chi connectivity index (χ3n) is 5.23. The Bertz CT molecular complexity index is 650. The van der Waals surface area contributed by atoms with Crippen LogP contribution in [0.3, 0.4) is 0 Å². The van der Waals surface area contributed by atoms with Crippen molar-refractivity contribution in [1.82, 2.24) is 0 Å². The number of rotatable bonds is 14. The number of hydrogen-bond donors (Lipinski definition) is 0. The highest BCUT2D eigenvalue weighted by molar-refractivity contribution is 9.11. The number of halogens is 1. The summed E-state index contributed by atoms with van der Waals surface area (Å²) in [5, 5.41) is 0. The second-order valence-corrected chi connectivity index (χ2v) is 16.1. The standard InChI is InChI=1S/C22H35BrOS2Si/c1-24-27(2,3)18-12-10-8-6-4-5-7-9-11-13-19-14-15-20(25-19)21-16-17-22(23)26-21/h14-17H,4-13,18H2,1-3H3. The number of thiophene rings is 2. The third kappa shape index (κ3) is 9.40. The fourth-order valence-corrected chi connectivity index (χ4v) is 7.11. The first kappa shape index (κ1) is 23.3. The molecule has 0 aliphatic rings. The lowest BCUT2D eigenvalue weighted by molar-refractivity contribution is 0.400. The van der Waals surface area contributed by atoms with Crippen molar-refractivity contribution in [2.45, 2.75) is 83.3 Å². The molecule has 0 bridgehead atoms. The van der Waals surface area contributed by atoms with E-state index in [-0.39, 0.29) is 0 Å². The van der Waals surface area contributed by atoms with Crippen LogP contribution in [0.25, 0.3) is 9.75 Å². The van der Waals surface area contributed by atoms with Gasteiger partial charge in [-0.25, -0.2) is 0 Å². The van der Waals surface area contributed by atoms with E-state index in [2.05, 4.69) is 53.3 Å². The Kier molecular flexibility index (Phi) is 10.9. The van der Waals surface area contributed by atoms with Gasteiger partial charge in [0.2, 0.25) is 0 Å². The molecule has 0 N–H and O–H groups in total. The van der Waals surface area contributed by atoms with Gasteiger partial charge in [-0.15, -0.1) is 22.7 Å². The zero-order chi connectivity index (χ0) is 19.5. The predicted molar refractivity (Wildman–Crippen MR) is 130 cm³/mol. The molecule has 0 fully saturated rings. The van der Waals surface area contributed by atoms with Gasteiger partial charge in [0.15, 0.2) is 8.32 Å². The number of aryl methyl sites for hydroxylation is 1. The second-order valence-electron chi connectivity index (χ2n) is 8.02. The topological polar surface area (TPSA) is 9.23 Å². The lowest BCUT2D eigenvalue weighted by Crippen LogP contribution is -2.27. The van der Waals surface area contributed by atoms with E-state index in [4.69, 9.17) is 4.43 Å². The quantitative estimate of drug-likeness (QED) is 0.191. The summed E-state index contributed by atoms with van der Waals surface area (Å²) in [6, 6.07) is 10.3. The van der Waals surface area contributed by atoms with Crippen molar-refractivity contribution in [1.29, 1.82) is 0 Å². The molecule has 0 aliphatic heterocycles. The van der Waals surface area contributed by atoms with Crippen LogP contribution in [0.5, 0.6) is 0 Å². The zero-order valence-electron chi connectivity index (χ0n) is 17.2. The van der Waals surface area contributed by atoms with Gasteiger partial charge in [0, 0.05) is 21.7 Å². The summed E-state index contributed by atoms with van der Waals surface area (Å²) < 4.78 is 6.83. The maximum absolute atomic E-state index is 5.62. The van der Waals surface area contributed by atoms with Crippen molar-refractivity contribution in [3.63, 3.8) is 0 Å². The first-order chi connectivity index (χ1) is 13.0. The first-order valence-corrected chi connectivity index (χ1v) is 15.9. The minimum Gasteiger partial charge on any atom is -0.420 e. The normalized spacial score (nSPS) is 12.0. The van der Waals surface area contributed by atoms with Gasteiger partial charge in [0.25, 0.3) is 0 Å². The van der Waals surface area contributed by atoms with Gasteiger partial charge in [-0.05, 0) is 72.2 Å². The summed E-state index contributed by atoms with van der Waals surface area (Å²) in [4.78, 5) is 4.33. The molecule has 2 heterocycles. The van der Waals surface area contributed by atoms with Gasteiger partial charge in [-0.3, -0.25) is 0 Å². The molecule has 0 radical (unpaired) electrons. The Labute approximate surface area is 183 Å². The molecule has 2 aromatic heterocycles. The monoisotopic (exact) mass is 486 g/mol. The van der Waals surface area contributed by atoms with Crippen LogP contribution in [-0.2, 0) is 10.8 Å². The Hall–Kier alpha value is 0.0569. The van der Waals surface area contributed by atoms with Crippen molar-refractivity contribution < 1.29 is 4.43 Å². The van der Waals surface area contributed by atoms with Crippen LogP contribution < -0.4 is 0 Å². The Morgan fingerprint density at radius 1 is 0.778 bits per heavy atom. The summed E-state index contributed by atoms with van der Waals surface area (Å²) in [6.45, 7) is 4.65. The molecule has 27 heavy (non-hydrogen) atoms. The maximum Gasteiger partial charge on any atom is 0.186 e. The molecule has 2 aromatic rings. The van der Waals surface area contributed by atoms with E-state index in [1.54, 1.807) is 0 Å². The summed E-state index contributed by atoms with van der Waals surface area (Å²) in [7, 11) is 0.568. The number of hydrogen-bond acceptors (Lipinski definition) is 3. The van der Waals surface area contributed by atoms with Gasteiger partial charge in [0.1, 0.15) is 0 Å². The molecular formula is C22H35BrOS2Si. The molecule has 1 nitrogen and oxygen atoms in total. The van der Waals surface area contributed by atoms with Crippen molar-refractivity contribution in [3.05, 3.63) is 32.9 Å². The molecule has 0 aromatic carbocycles. The van der Waals surface area contributed by atoms with Gasteiger partial charge < -0.3 is 4.43 Å². The Balaban J connectivity index is 1.45. The van der Waals surface area contributed by atoms with Crippen molar-refractivity contribution in [2.75, 3.05) is 7.11 Å². The lowest BCUT2D eigenvalue weighted by atomic mass is 10.1. The third-order valence-corrected chi connectivity index (χ3v) is 10.9. The minimum atomic E-state index is -1.31. The summed E-state index contributed by atoms with van der Waals surface area (Å²) in [5.41, 5.74) is 0. The number of unbranched alkanes of at least 4 members (excludes halogenated alkanes) is 8. The van der Waals surface area contributed by atoms with Gasteiger partial charge in [-0.2, -0.15) is 0 Å². The van der Waals surface area contributed by atoms with Crippen molar-refractivity contribution in [3.8, 4) is 9.75 Å². The zero-order valence-corrected chi connectivity index (χ0v) is 21.4. The van der Waals surface area contributed by atoms with Gasteiger partial charge in [-0.1, -0.05) is 51.4 Å². The van der Waals surface area contributed by atoms with Crippen LogP contribution in [0.4, 0.5) is 0 Å². The van der Waals surface area contributed by atoms with Gasteiger partial charge in [0.05, 0.1) is 3.79 Å². The SMILES string of the molecule is CO[Si](C)(C)CCCCCCCCCCCc1ccc(-c2ccc(Br)s2)s1. The predicted octanol–water partition coefficient (Wildman–Crippen LogP) is 9.14. The van der Waals surface area contributed by atoms with Crippen LogP contribution in [0.15, 0.2) is 28.1 Å². The van der Waals surface area contributed by atoms with Crippen LogP contribution >= 0.6 is 38.6 Å². The molecule has 0 saturated heterocycles. The molecule has 5 heteroatoms. The molecule has 0 unspecified atom stereocenters. The average Bonchev–Trinajstić information content (AvgIpc) is 3.28. The maximum atomic E-state index is 5.62. The average molecular weight is 488 g/mol. The minimum absolute atomic E-state index is 1.22. The summed E-state index contributed by atoms with van der Waals surface area (Å²) >= 11 is 7.34.